The van der Waals surface area contributed by atoms with E-state index in [0.717, 1.165) is 36.1 Å². The zero-order chi connectivity index (χ0) is 15.1. The predicted octanol–water partition coefficient (Wildman–Crippen LogP) is 4.66. The molecule has 2 aromatic rings. The van der Waals surface area contributed by atoms with Gasteiger partial charge in [-0.15, -0.1) is 0 Å². The van der Waals surface area contributed by atoms with E-state index in [1.807, 2.05) is 61.5 Å². The first kappa shape index (κ1) is 15.6. The summed E-state index contributed by atoms with van der Waals surface area (Å²) in [7, 11) is 0. The number of rotatable bonds is 7. The minimum absolute atomic E-state index is 0.543. The molecule has 1 atom stereocenters. The third kappa shape index (κ3) is 4.61. The zero-order valence-corrected chi connectivity index (χ0v) is 12.9. The van der Waals surface area contributed by atoms with E-state index in [9.17, 15) is 5.11 Å². The molecule has 2 heteroatoms. The fraction of sp³-hybridized carbons (Fsp3) is 0.368. The third-order valence-electron chi connectivity index (χ3n) is 3.72. The Balaban J connectivity index is 2.03. The first-order valence-corrected chi connectivity index (χ1v) is 7.61. The van der Waals surface area contributed by atoms with E-state index in [-0.39, 0.29) is 0 Å². The molecule has 0 heterocycles. The van der Waals surface area contributed by atoms with Crippen molar-refractivity contribution in [3.8, 4) is 5.75 Å². The van der Waals surface area contributed by atoms with Crippen LogP contribution in [0.1, 0.15) is 44.2 Å². The normalized spacial score (nSPS) is 13.7. The van der Waals surface area contributed by atoms with Gasteiger partial charge in [-0.05, 0) is 36.6 Å². The van der Waals surface area contributed by atoms with Crippen molar-refractivity contribution in [2.24, 2.45) is 0 Å². The van der Waals surface area contributed by atoms with Crippen molar-refractivity contribution in [1.29, 1.82) is 0 Å². The maximum atomic E-state index is 10.6. The van der Waals surface area contributed by atoms with Gasteiger partial charge in [-0.2, -0.15) is 0 Å². The Morgan fingerprint density at radius 1 is 1.05 bits per heavy atom. The molecule has 2 aromatic carbocycles. The van der Waals surface area contributed by atoms with Crippen molar-refractivity contribution in [3.05, 3.63) is 65.7 Å². The van der Waals surface area contributed by atoms with E-state index in [0.29, 0.717) is 6.61 Å². The van der Waals surface area contributed by atoms with Crippen LogP contribution in [0, 0.1) is 0 Å². The molecule has 0 fully saturated rings. The van der Waals surface area contributed by atoms with Crippen molar-refractivity contribution < 1.29 is 9.84 Å². The lowest BCUT2D eigenvalue weighted by Crippen LogP contribution is -2.20. The van der Waals surface area contributed by atoms with Crippen LogP contribution in [0.4, 0.5) is 0 Å². The van der Waals surface area contributed by atoms with E-state index < -0.39 is 5.60 Å². The maximum absolute atomic E-state index is 10.6. The Hall–Kier alpha value is -1.80. The van der Waals surface area contributed by atoms with Gasteiger partial charge >= 0.3 is 0 Å². The second kappa shape index (κ2) is 7.28. The van der Waals surface area contributed by atoms with Crippen LogP contribution in [0.25, 0.3) is 0 Å². The van der Waals surface area contributed by atoms with Crippen molar-refractivity contribution in [3.63, 3.8) is 0 Å². The largest absolute Gasteiger partial charge is 0.489 e. The van der Waals surface area contributed by atoms with Crippen LogP contribution in [0.15, 0.2) is 54.6 Å². The summed E-state index contributed by atoms with van der Waals surface area (Å²) in [5.41, 5.74) is 1.27. The molecule has 0 aliphatic carbocycles. The Morgan fingerprint density at radius 2 is 1.81 bits per heavy atom. The van der Waals surface area contributed by atoms with Crippen LogP contribution in [-0.4, -0.2) is 5.11 Å². The van der Waals surface area contributed by atoms with Crippen LogP contribution in [0.5, 0.6) is 5.75 Å². The van der Waals surface area contributed by atoms with Gasteiger partial charge in [0.2, 0.25) is 0 Å². The van der Waals surface area contributed by atoms with Gasteiger partial charge < -0.3 is 9.84 Å². The molecule has 1 N–H and O–H groups in total. The van der Waals surface area contributed by atoms with Gasteiger partial charge in [0.1, 0.15) is 12.4 Å². The second-order valence-corrected chi connectivity index (χ2v) is 5.68. The maximum Gasteiger partial charge on any atom is 0.120 e. The fourth-order valence-corrected chi connectivity index (χ4v) is 2.33. The highest BCUT2D eigenvalue weighted by Gasteiger charge is 2.22. The van der Waals surface area contributed by atoms with Gasteiger partial charge in [0.15, 0.2) is 0 Å². The second-order valence-electron chi connectivity index (χ2n) is 5.68. The fourth-order valence-electron chi connectivity index (χ4n) is 2.33. The number of unbranched alkanes of at least 4 members (excludes halogenated alkanes) is 1. The highest BCUT2D eigenvalue weighted by Crippen LogP contribution is 2.29. The minimum Gasteiger partial charge on any atom is -0.489 e. The molecular formula is C19H24O2. The lowest BCUT2D eigenvalue weighted by atomic mass is 9.90. The molecule has 2 nitrogen and oxygen atoms in total. The molecule has 0 radical (unpaired) electrons. The number of ether oxygens (including phenoxy) is 1. The Bertz CT molecular complexity index is 547. The van der Waals surface area contributed by atoms with Crippen molar-refractivity contribution in [1.82, 2.24) is 0 Å². The molecule has 112 valence electrons. The quantitative estimate of drug-likeness (QED) is 0.801. The van der Waals surface area contributed by atoms with Gasteiger partial charge in [-0.25, -0.2) is 0 Å². The first-order valence-electron chi connectivity index (χ1n) is 7.61. The van der Waals surface area contributed by atoms with Crippen molar-refractivity contribution in [2.45, 2.75) is 45.3 Å². The summed E-state index contributed by atoms with van der Waals surface area (Å²) >= 11 is 0. The Kier molecular flexibility index (Phi) is 5.40. The highest BCUT2D eigenvalue weighted by molar-refractivity contribution is 5.32. The van der Waals surface area contributed by atoms with Crippen LogP contribution >= 0.6 is 0 Å². The molecule has 0 saturated heterocycles. The van der Waals surface area contributed by atoms with Gasteiger partial charge in [0.25, 0.3) is 0 Å². The lowest BCUT2D eigenvalue weighted by Gasteiger charge is -2.24. The van der Waals surface area contributed by atoms with Crippen molar-refractivity contribution >= 4 is 0 Å². The molecule has 0 saturated carbocycles. The lowest BCUT2D eigenvalue weighted by molar-refractivity contribution is 0.0451. The summed E-state index contributed by atoms with van der Waals surface area (Å²) in [5.74, 6) is 0.799. The highest BCUT2D eigenvalue weighted by atomic mass is 16.5. The molecule has 0 amide bonds. The summed E-state index contributed by atoms with van der Waals surface area (Å²) < 4.78 is 5.82. The van der Waals surface area contributed by atoms with Crippen LogP contribution in [0.3, 0.4) is 0 Å². The SMILES string of the molecule is CCCCC(C)(O)c1cccc(OCc2ccccc2)c1. The van der Waals surface area contributed by atoms with Crippen LogP contribution in [0.2, 0.25) is 0 Å². The van der Waals surface area contributed by atoms with Crippen LogP contribution in [-0.2, 0) is 12.2 Å². The summed E-state index contributed by atoms with van der Waals surface area (Å²) in [6, 6.07) is 17.9. The minimum atomic E-state index is -0.790. The zero-order valence-electron chi connectivity index (χ0n) is 12.9. The molecule has 21 heavy (non-hydrogen) atoms. The third-order valence-corrected chi connectivity index (χ3v) is 3.72. The average molecular weight is 284 g/mol. The van der Waals surface area contributed by atoms with Crippen LogP contribution < -0.4 is 4.74 Å². The van der Waals surface area contributed by atoms with E-state index in [4.69, 9.17) is 4.74 Å². The summed E-state index contributed by atoms with van der Waals surface area (Å²) in [4.78, 5) is 0. The molecule has 0 spiro atoms. The standard InChI is InChI=1S/C19H24O2/c1-3-4-13-19(2,20)17-11-8-12-18(14-17)21-15-16-9-6-5-7-10-16/h5-12,14,20H,3-4,13,15H2,1-2H3. The van der Waals surface area contributed by atoms with Gasteiger partial charge in [-0.1, -0.05) is 62.2 Å². The average Bonchev–Trinajstić information content (AvgIpc) is 2.52. The predicted molar refractivity (Wildman–Crippen MR) is 86.3 cm³/mol. The number of hydrogen-bond acceptors (Lipinski definition) is 2. The Morgan fingerprint density at radius 3 is 2.52 bits per heavy atom. The van der Waals surface area contributed by atoms with E-state index in [2.05, 4.69) is 6.92 Å². The van der Waals surface area contributed by atoms with E-state index in [1.165, 1.54) is 0 Å². The van der Waals surface area contributed by atoms with Gasteiger partial charge in [-0.3, -0.25) is 0 Å². The summed E-state index contributed by atoms with van der Waals surface area (Å²) in [6.07, 6.45) is 2.87. The monoisotopic (exact) mass is 284 g/mol. The molecule has 0 aliphatic rings. The smallest absolute Gasteiger partial charge is 0.120 e. The van der Waals surface area contributed by atoms with Gasteiger partial charge in [0, 0.05) is 0 Å². The van der Waals surface area contributed by atoms with E-state index >= 15 is 0 Å². The topological polar surface area (TPSA) is 29.5 Å². The Labute approximate surface area is 127 Å². The molecular weight excluding hydrogens is 260 g/mol. The molecule has 1 unspecified atom stereocenters. The number of benzene rings is 2. The molecule has 2 rings (SSSR count). The first-order chi connectivity index (χ1) is 10.1. The summed E-state index contributed by atoms with van der Waals surface area (Å²) in [5, 5.41) is 10.6. The number of hydrogen-bond donors (Lipinski definition) is 1. The molecule has 0 bridgehead atoms. The molecule has 0 aromatic heterocycles. The molecule has 0 aliphatic heterocycles. The van der Waals surface area contributed by atoms with Gasteiger partial charge in [0.05, 0.1) is 5.60 Å². The van der Waals surface area contributed by atoms with Crippen molar-refractivity contribution in [2.75, 3.05) is 0 Å². The number of aliphatic hydroxyl groups is 1. The summed E-state index contributed by atoms with van der Waals surface area (Å²) in [6.45, 7) is 4.55. The van der Waals surface area contributed by atoms with E-state index in [1.54, 1.807) is 0 Å².